The van der Waals surface area contributed by atoms with Gasteiger partial charge in [-0.15, -0.1) is 11.3 Å². The van der Waals surface area contributed by atoms with Crippen molar-refractivity contribution in [3.63, 3.8) is 0 Å². The molecule has 2 heterocycles. The van der Waals surface area contributed by atoms with Crippen molar-refractivity contribution in [2.75, 3.05) is 17.2 Å². The summed E-state index contributed by atoms with van der Waals surface area (Å²) in [7, 11) is 0. The molecule has 21 heavy (non-hydrogen) atoms. The molecule has 2 aromatic rings. The zero-order valence-electron chi connectivity index (χ0n) is 13.1. The van der Waals surface area contributed by atoms with Crippen LogP contribution in [0.5, 0.6) is 0 Å². The topological polar surface area (TPSA) is 62.7 Å². The van der Waals surface area contributed by atoms with Gasteiger partial charge in [-0.25, -0.2) is 15.0 Å². The molecule has 0 amide bonds. The van der Waals surface area contributed by atoms with E-state index >= 15 is 0 Å². The van der Waals surface area contributed by atoms with Crippen LogP contribution < -0.4 is 10.6 Å². The molecule has 2 aromatic heterocycles. The SMILES string of the molecule is CCCNc1ncnc(NCc2ncc(C)s2)c1C(C)C. The Balaban J connectivity index is 2.17. The van der Waals surface area contributed by atoms with Crippen LogP contribution in [-0.2, 0) is 6.54 Å². The molecule has 2 N–H and O–H groups in total. The molecular formula is C15H23N5S. The lowest BCUT2D eigenvalue weighted by molar-refractivity contribution is 0.839. The molecule has 0 radical (unpaired) electrons. The van der Waals surface area contributed by atoms with Crippen LogP contribution in [0.1, 0.15) is 48.6 Å². The lowest BCUT2D eigenvalue weighted by Gasteiger charge is -2.17. The Morgan fingerprint density at radius 3 is 2.43 bits per heavy atom. The predicted molar refractivity (Wildman–Crippen MR) is 89.1 cm³/mol. The molecule has 0 aliphatic carbocycles. The van der Waals surface area contributed by atoms with Gasteiger partial charge in [0.1, 0.15) is 23.0 Å². The summed E-state index contributed by atoms with van der Waals surface area (Å²) < 4.78 is 0. The highest BCUT2D eigenvalue weighted by atomic mass is 32.1. The van der Waals surface area contributed by atoms with Gasteiger partial charge in [0.25, 0.3) is 0 Å². The number of aryl methyl sites for hydroxylation is 1. The van der Waals surface area contributed by atoms with Gasteiger partial charge in [0.15, 0.2) is 0 Å². The van der Waals surface area contributed by atoms with Crippen LogP contribution in [0.15, 0.2) is 12.5 Å². The van der Waals surface area contributed by atoms with E-state index in [9.17, 15) is 0 Å². The van der Waals surface area contributed by atoms with Crippen molar-refractivity contribution in [2.45, 2.75) is 46.6 Å². The molecular weight excluding hydrogens is 282 g/mol. The highest BCUT2D eigenvalue weighted by Gasteiger charge is 2.14. The maximum Gasteiger partial charge on any atom is 0.135 e. The van der Waals surface area contributed by atoms with Crippen LogP contribution >= 0.6 is 11.3 Å². The number of anilines is 2. The van der Waals surface area contributed by atoms with Crippen LogP contribution in [-0.4, -0.2) is 21.5 Å². The van der Waals surface area contributed by atoms with Gasteiger partial charge in [-0.05, 0) is 19.3 Å². The minimum Gasteiger partial charge on any atom is -0.370 e. The highest BCUT2D eigenvalue weighted by Crippen LogP contribution is 2.28. The first-order valence-corrected chi connectivity index (χ1v) is 8.17. The third kappa shape index (κ3) is 4.14. The van der Waals surface area contributed by atoms with Crippen LogP contribution in [0.4, 0.5) is 11.6 Å². The second-order valence-corrected chi connectivity index (χ2v) is 6.60. The zero-order chi connectivity index (χ0) is 15.2. The van der Waals surface area contributed by atoms with E-state index < -0.39 is 0 Å². The number of nitrogens with zero attached hydrogens (tertiary/aromatic N) is 3. The standard InChI is InChI=1S/C15H23N5S/c1-5-6-16-14-13(10(2)3)15(20-9-19-14)18-8-12-17-7-11(4)21-12/h7,9-10H,5-6,8H2,1-4H3,(H2,16,18,19,20). The summed E-state index contributed by atoms with van der Waals surface area (Å²) in [6.45, 7) is 10.2. The third-order valence-corrected chi connectivity index (χ3v) is 3.99. The fourth-order valence-corrected chi connectivity index (χ4v) is 2.84. The van der Waals surface area contributed by atoms with Crippen LogP contribution in [0, 0.1) is 6.92 Å². The smallest absolute Gasteiger partial charge is 0.135 e. The summed E-state index contributed by atoms with van der Waals surface area (Å²) in [5.41, 5.74) is 1.14. The summed E-state index contributed by atoms with van der Waals surface area (Å²) in [6.07, 6.45) is 4.58. The highest BCUT2D eigenvalue weighted by molar-refractivity contribution is 7.11. The molecule has 6 heteroatoms. The molecule has 0 unspecified atom stereocenters. The average Bonchev–Trinajstić information content (AvgIpc) is 2.88. The molecule has 0 aromatic carbocycles. The van der Waals surface area contributed by atoms with Gasteiger partial charge >= 0.3 is 0 Å². The maximum absolute atomic E-state index is 4.41. The van der Waals surface area contributed by atoms with Gasteiger partial charge < -0.3 is 10.6 Å². The minimum atomic E-state index is 0.353. The Morgan fingerprint density at radius 1 is 1.14 bits per heavy atom. The molecule has 0 aliphatic rings. The molecule has 0 fully saturated rings. The molecule has 2 rings (SSSR count). The summed E-state index contributed by atoms with van der Waals surface area (Å²) >= 11 is 1.71. The molecule has 0 spiro atoms. The molecule has 0 aliphatic heterocycles. The van der Waals surface area contributed by atoms with E-state index in [0.717, 1.165) is 35.2 Å². The quantitative estimate of drug-likeness (QED) is 0.814. The fraction of sp³-hybridized carbons (Fsp3) is 0.533. The first-order chi connectivity index (χ1) is 10.1. The Kier molecular flexibility index (Phi) is 5.50. The van der Waals surface area contributed by atoms with E-state index in [4.69, 9.17) is 0 Å². The first-order valence-electron chi connectivity index (χ1n) is 7.35. The van der Waals surface area contributed by atoms with E-state index in [1.807, 2.05) is 6.20 Å². The number of nitrogens with one attached hydrogen (secondary N) is 2. The van der Waals surface area contributed by atoms with Gasteiger partial charge in [0, 0.05) is 23.2 Å². The zero-order valence-corrected chi connectivity index (χ0v) is 13.9. The van der Waals surface area contributed by atoms with E-state index in [1.54, 1.807) is 17.7 Å². The molecule has 0 saturated heterocycles. The van der Waals surface area contributed by atoms with Crippen LogP contribution in [0.25, 0.3) is 0 Å². The number of thiazole rings is 1. The Hall–Kier alpha value is -1.69. The van der Waals surface area contributed by atoms with Crippen molar-refractivity contribution >= 4 is 23.0 Å². The third-order valence-electron chi connectivity index (χ3n) is 3.08. The second-order valence-electron chi connectivity index (χ2n) is 5.28. The normalized spacial score (nSPS) is 10.9. The van der Waals surface area contributed by atoms with Gasteiger partial charge in [0.2, 0.25) is 0 Å². The van der Waals surface area contributed by atoms with Crippen molar-refractivity contribution in [3.05, 3.63) is 28.0 Å². The monoisotopic (exact) mass is 305 g/mol. The average molecular weight is 305 g/mol. The Bertz CT molecular complexity index is 579. The van der Waals surface area contributed by atoms with Crippen LogP contribution in [0.3, 0.4) is 0 Å². The first kappa shape index (κ1) is 15.7. The minimum absolute atomic E-state index is 0.353. The summed E-state index contributed by atoms with van der Waals surface area (Å²) in [6, 6.07) is 0. The van der Waals surface area contributed by atoms with E-state index in [2.05, 4.69) is 53.3 Å². The predicted octanol–water partition coefficient (Wildman–Crippen LogP) is 3.80. The van der Waals surface area contributed by atoms with Crippen molar-refractivity contribution < 1.29 is 0 Å². The van der Waals surface area contributed by atoms with Crippen LogP contribution in [0.2, 0.25) is 0 Å². The van der Waals surface area contributed by atoms with E-state index in [1.165, 1.54) is 4.88 Å². The summed E-state index contributed by atoms with van der Waals surface area (Å²) in [5.74, 6) is 2.18. The van der Waals surface area contributed by atoms with Crippen molar-refractivity contribution in [1.29, 1.82) is 0 Å². The van der Waals surface area contributed by atoms with Crippen molar-refractivity contribution in [2.24, 2.45) is 0 Å². The second kappa shape index (κ2) is 7.36. The fourth-order valence-electron chi connectivity index (χ4n) is 2.11. The van der Waals surface area contributed by atoms with Gasteiger partial charge in [-0.3, -0.25) is 0 Å². The number of rotatable bonds is 7. The largest absolute Gasteiger partial charge is 0.370 e. The molecule has 5 nitrogen and oxygen atoms in total. The van der Waals surface area contributed by atoms with Gasteiger partial charge in [-0.1, -0.05) is 20.8 Å². The summed E-state index contributed by atoms with van der Waals surface area (Å²) in [4.78, 5) is 14.4. The molecule has 0 saturated carbocycles. The number of aromatic nitrogens is 3. The Morgan fingerprint density at radius 2 is 1.86 bits per heavy atom. The Labute approximate surface area is 130 Å². The van der Waals surface area contributed by atoms with Gasteiger partial charge in [0.05, 0.1) is 6.54 Å². The maximum atomic E-state index is 4.41. The van der Waals surface area contributed by atoms with Crippen molar-refractivity contribution in [1.82, 2.24) is 15.0 Å². The number of hydrogen-bond donors (Lipinski definition) is 2. The lowest BCUT2D eigenvalue weighted by atomic mass is 10.0. The summed E-state index contributed by atoms with van der Waals surface area (Å²) in [5, 5.41) is 7.85. The molecule has 0 bridgehead atoms. The number of hydrogen-bond acceptors (Lipinski definition) is 6. The van der Waals surface area contributed by atoms with E-state index in [-0.39, 0.29) is 0 Å². The van der Waals surface area contributed by atoms with Crippen molar-refractivity contribution in [3.8, 4) is 0 Å². The molecule has 0 atom stereocenters. The lowest BCUT2D eigenvalue weighted by Crippen LogP contribution is -2.11. The van der Waals surface area contributed by atoms with Gasteiger partial charge in [-0.2, -0.15) is 0 Å². The molecule has 114 valence electrons. The van der Waals surface area contributed by atoms with E-state index in [0.29, 0.717) is 12.5 Å².